The maximum Gasteiger partial charge on any atom is 0.224 e. The van der Waals surface area contributed by atoms with Crippen LogP contribution in [0.25, 0.3) is 0 Å². The van der Waals surface area contributed by atoms with E-state index in [4.69, 9.17) is 0 Å². The molecule has 1 fully saturated rings. The van der Waals surface area contributed by atoms with Crippen LogP contribution in [0.15, 0.2) is 54.6 Å². The zero-order valence-corrected chi connectivity index (χ0v) is 18.8. The van der Waals surface area contributed by atoms with Crippen molar-refractivity contribution < 1.29 is 13.2 Å². The van der Waals surface area contributed by atoms with E-state index in [1.165, 1.54) is 11.1 Å². The number of fused-ring (bicyclic) bond motifs is 1. The Kier molecular flexibility index (Phi) is 7.08. The van der Waals surface area contributed by atoms with Crippen molar-refractivity contribution in [2.75, 3.05) is 18.8 Å². The summed E-state index contributed by atoms with van der Waals surface area (Å²) in [6, 6.07) is 18.3. The first kappa shape index (κ1) is 22.0. The highest BCUT2D eigenvalue weighted by Gasteiger charge is 2.33. The van der Waals surface area contributed by atoms with E-state index < -0.39 is 10.0 Å². The highest BCUT2D eigenvalue weighted by Crippen LogP contribution is 2.30. The van der Waals surface area contributed by atoms with Crippen molar-refractivity contribution in [3.63, 3.8) is 0 Å². The zero-order chi connectivity index (χ0) is 21.7. The molecule has 0 spiro atoms. The molecule has 5 nitrogen and oxygen atoms in total. The molecule has 0 unspecified atom stereocenters. The van der Waals surface area contributed by atoms with Gasteiger partial charge >= 0.3 is 0 Å². The monoisotopic (exact) mass is 440 g/mol. The molecule has 0 aromatic heterocycles. The Labute approximate surface area is 185 Å². The molecule has 0 bridgehead atoms. The Morgan fingerprint density at radius 3 is 2.61 bits per heavy atom. The van der Waals surface area contributed by atoms with Gasteiger partial charge in [0.1, 0.15) is 0 Å². The molecular formula is C25H32N2O3S. The molecule has 1 saturated heterocycles. The number of nitrogens with one attached hydrogen (secondary N) is 1. The van der Waals surface area contributed by atoms with Gasteiger partial charge in [0.05, 0.1) is 17.7 Å². The fourth-order valence-corrected chi connectivity index (χ4v) is 6.42. The van der Waals surface area contributed by atoms with Gasteiger partial charge < -0.3 is 5.32 Å². The number of aryl methyl sites for hydroxylation is 2. The quantitative estimate of drug-likeness (QED) is 0.711. The predicted molar refractivity (Wildman–Crippen MR) is 123 cm³/mol. The minimum absolute atomic E-state index is 0.00844. The van der Waals surface area contributed by atoms with Crippen LogP contribution in [0, 0.1) is 5.92 Å². The molecule has 31 heavy (non-hydrogen) atoms. The van der Waals surface area contributed by atoms with Crippen LogP contribution in [0.2, 0.25) is 0 Å². The van der Waals surface area contributed by atoms with Gasteiger partial charge in [0.2, 0.25) is 15.9 Å². The summed E-state index contributed by atoms with van der Waals surface area (Å²) < 4.78 is 27.3. The Hall–Kier alpha value is -2.18. The number of sulfonamides is 1. The number of nitrogens with zero attached hydrogens (tertiary/aromatic N) is 1. The summed E-state index contributed by atoms with van der Waals surface area (Å²) in [5, 5.41) is 3.22. The van der Waals surface area contributed by atoms with Gasteiger partial charge in [-0.25, -0.2) is 12.7 Å². The number of carbonyl (C=O) groups excluding carboxylic acids is 1. The van der Waals surface area contributed by atoms with E-state index in [1.807, 2.05) is 42.5 Å². The van der Waals surface area contributed by atoms with Crippen LogP contribution in [0.4, 0.5) is 0 Å². The number of rotatable bonds is 7. The summed E-state index contributed by atoms with van der Waals surface area (Å²) in [6.07, 6.45) is 5.89. The van der Waals surface area contributed by atoms with E-state index >= 15 is 0 Å². The molecule has 1 N–H and O–H groups in total. The van der Waals surface area contributed by atoms with Crippen LogP contribution in [0.1, 0.15) is 54.8 Å². The first-order valence-corrected chi connectivity index (χ1v) is 13.0. The van der Waals surface area contributed by atoms with E-state index in [0.717, 1.165) is 44.1 Å². The Balaban J connectivity index is 1.33. The average Bonchev–Trinajstić information content (AvgIpc) is 2.80. The topological polar surface area (TPSA) is 66.5 Å². The van der Waals surface area contributed by atoms with Gasteiger partial charge in [-0.15, -0.1) is 0 Å². The van der Waals surface area contributed by atoms with Crippen LogP contribution >= 0.6 is 0 Å². The second-order valence-electron chi connectivity index (χ2n) is 8.75. The normalized spacial score (nSPS) is 21.9. The van der Waals surface area contributed by atoms with Crippen LogP contribution in [0.3, 0.4) is 0 Å². The largest absolute Gasteiger partial charge is 0.349 e. The van der Waals surface area contributed by atoms with Crippen molar-refractivity contribution in [1.29, 1.82) is 0 Å². The number of piperidine rings is 1. The highest BCUT2D eigenvalue weighted by atomic mass is 32.2. The summed E-state index contributed by atoms with van der Waals surface area (Å²) in [7, 11) is -3.35. The first-order valence-electron chi connectivity index (χ1n) is 11.4. The van der Waals surface area contributed by atoms with Gasteiger partial charge in [0.25, 0.3) is 0 Å². The van der Waals surface area contributed by atoms with Gasteiger partial charge in [-0.05, 0) is 61.6 Å². The lowest BCUT2D eigenvalue weighted by atomic mass is 9.87. The fraction of sp³-hybridized carbons (Fsp3) is 0.480. The first-order chi connectivity index (χ1) is 15.0. The SMILES string of the molecule is O=C(N[C@H]1CCCc2ccccc21)[C@H]1CCCN(S(=O)(=O)CCCc2ccccc2)C1. The summed E-state index contributed by atoms with van der Waals surface area (Å²) >= 11 is 0. The maximum atomic E-state index is 13.0. The van der Waals surface area contributed by atoms with Crippen LogP contribution in [0.5, 0.6) is 0 Å². The third kappa shape index (κ3) is 5.55. The van der Waals surface area contributed by atoms with E-state index in [9.17, 15) is 13.2 Å². The number of benzene rings is 2. The minimum Gasteiger partial charge on any atom is -0.349 e. The van der Waals surface area contributed by atoms with Crippen molar-refractivity contribution in [3.05, 3.63) is 71.3 Å². The molecule has 1 aliphatic carbocycles. The molecule has 1 amide bonds. The van der Waals surface area contributed by atoms with Gasteiger partial charge in [-0.2, -0.15) is 0 Å². The summed E-state index contributed by atoms with van der Waals surface area (Å²) in [4.78, 5) is 13.0. The molecule has 1 heterocycles. The maximum absolute atomic E-state index is 13.0. The van der Waals surface area contributed by atoms with E-state index in [0.29, 0.717) is 19.5 Å². The number of hydrogen-bond donors (Lipinski definition) is 1. The summed E-state index contributed by atoms with van der Waals surface area (Å²) in [5.41, 5.74) is 3.68. The van der Waals surface area contributed by atoms with Crippen molar-refractivity contribution in [1.82, 2.24) is 9.62 Å². The Bertz CT molecular complexity index is 991. The number of hydrogen-bond acceptors (Lipinski definition) is 3. The summed E-state index contributed by atoms with van der Waals surface area (Å²) in [5.74, 6) is -0.149. The molecule has 0 radical (unpaired) electrons. The minimum atomic E-state index is -3.35. The molecule has 6 heteroatoms. The predicted octanol–water partition coefficient (Wildman–Crippen LogP) is 3.85. The van der Waals surface area contributed by atoms with Crippen LogP contribution in [-0.4, -0.2) is 37.5 Å². The fourth-order valence-electron chi connectivity index (χ4n) is 4.83. The van der Waals surface area contributed by atoms with Crippen molar-refractivity contribution in [2.45, 2.75) is 51.0 Å². The third-order valence-electron chi connectivity index (χ3n) is 6.54. The van der Waals surface area contributed by atoms with E-state index in [-0.39, 0.29) is 23.6 Å². The molecule has 4 rings (SSSR count). The van der Waals surface area contributed by atoms with Gasteiger partial charge in [-0.3, -0.25) is 4.79 Å². The highest BCUT2D eigenvalue weighted by molar-refractivity contribution is 7.89. The lowest BCUT2D eigenvalue weighted by Crippen LogP contribution is -2.47. The molecule has 2 aromatic rings. The second-order valence-corrected chi connectivity index (χ2v) is 10.8. The van der Waals surface area contributed by atoms with Crippen molar-refractivity contribution in [3.8, 4) is 0 Å². The third-order valence-corrected chi connectivity index (χ3v) is 8.47. The number of carbonyl (C=O) groups is 1. The molecule has 2 aromatic carbocycles. The lowest BCUT2D eigenvalue weighted by Gasteiger charge is -2.33. The molecule has 166 valence electrons. The Morgan fingerprint density at radius 2 is 1.77 bits per heavy atom. The van der Waals surface area contributed by atoms with E-state index in [2.05, 4.69) is 17.4 Å². The van der Waals surface area contributed by atoms with Gasteiger partial charge in [0.15, 0.2) is 0 Å². The molecule has 1 aliphatic heterocycles. The van der Waals surface area contributed by atoms with E-state index in [1.54, 1.807) is 4.31 Å². The van der Waals surface area contributed by atoms with Crippen molar-refractivity contribution >= 4 is 15.9 Å². The molecule has 2 atom stereocenters. The van der Waals surface area contributed by atoms with Crippen LogP contribution < -0.4 is 5.32 Å². The molecule has 2 aliphatic rings. The molecule has 0 saturated carbocycles. The number of amides is 1. The standard InChI is InChI=1S/C25H32N2O3S/c28-25(26-24-16-6-13-21-12-4-5-15-23(21)24)22-14-7-17-27(19-22)31(29,30)18-8-11-20-9-2-1-3-10-20/h1-5,9-10,12,15,22,24H,6-8,11,13-14,16-19H2,(H,26,28)/t22-,24-/m0/s1. The second kappa shape index (κ2) is 9.96. The van der Waals surface area contributed by atoms with Crippen molar-refractivity contribution in [2.24, 2.45) is 5.92 Å². The molecular weight excluding hydrogens is 408 g/mol. The van der Waals surface area contributed by atoms with Gasteiger partial charge in [0, 0.05) is 13.1 Å². The van der Waals surface area contributed by atoms with Crippen LogP contribution in [-0.2, 0) is 27.7 Å². The smallest absolute Gasteiger partial charge is 0.224 e. The summed E-state index contributed by atoms with van der Waals surface area (Å²) in [6.45, 7) is 0.817. The zero-order valence-electron chi connectivity index (χ0n) is 18.0. The van der Waals surface area contributed by atoms with Gasteiger partial charge in [-0.1, -0.05) is 54.6 Å². The average molecular weight is 441 g/mol. The lowest BCUT2D eigenvalue weighted by molar-refractivity contribution is -0.127. The Morgan fingerprint density at radius 1 is 1.00 bits per heavy atom.